The molecule has 1 aliphatic carbocycles. The molecule has 3 amide bonds. The van der Waals surface area contributed by atoms with Gasteiger partial charge in [0.2, 0.25) is 11.8 Å². The molecule has 0 unspecified atom stereocenters. The molecular formula is C25H29N9O3. The second-order valence-electron chi connectivity index (χ2n) is 9.24. The van der Waals surface area contributed by atoms with E-state index < -0.39 is 0 Å². The third-order valence-corrected chi connectivity index (χ3v) is 6.55. The van der Waals surface area contributed by atoms with Crippen molar-refractivity contribution in [3.05, 3.63) is 54.6 Å². The number of carbonyl (C=O) groups excluding carboxylic acids is 3. The van der Waals surface area contributed by atoms with Crippen molar-refractivity contribution in [2.45, 2.75) is 25.7 Å². The molecule has 12 nitrogen and oxygen atoms in total. The standard InChI is InChI=1S/C25H29N9O3/c35-23(17-3-5-20(6-4-17)30-25(37)18-1-2-18)27-11-12-28-24(36)19-9-13-33(14-10-19)21-7-8-22(32-31-21)34-16-26-15-29-34/h3-8,15-16,18-19H,1-2,9-14H2,(H,27,35)(H,28,36)(H,30,37). The van der Waals surface area contributed by atoms with Crippen molar-refractivity contribution in [1.29, 1.82) is 0 Å². The number of aromatic nitrogens is 5. The number of hydrogen-bond acceptors (Lipinski definition) is 8. The largest absolute Gasteiger partial charge is 0.355 e. The van der Waals surface area contributed by atoms with Crippen LogP contribution in [0.25, 0.3) is 5.82 Å². The summed E-state index contributed by atoms with van der Waals surface area (Å²) in [5, 5.41) is 21.1. The molecule has 12 heteroatoms. The zero-order chi connectivity index (χ0) is 25.6. The number of rotatable bonds is 9. The summed E-state index contributed by atoms with van der Waals surface area (Å²) in [6, 6.07) is 10.5. The average Bonchev–Trinajstić information content (AvgIpc) is 3.65. The molecule has 0 radical (unpaired) electrons. The molecule has 0 atom stereocenters. The van der Waals surface area contributed by atoms with Crippen molar-refractivity contribution < 1.29 is 14.4 Å². The van der Waals surface area contributed by atoms with E-state index in [1.54, 1.807) is 35.3 Å². The molecule has 2 fully saturated rings. The van der Waals surface area contributed by atoms with E-state index in [1.807, 2.05) is 12.1 Å². The van der Waals surface area contributed by atoms with E-state index in [4.69, 9.17) is 0 Å². The molecule has 0 spiro atoms. The van der Waals surface area contributed by atoms with Crippen LogP contribution in [0.1, 0.15) is 36.0 Å². The topological polar surface area (TPSA) is 147 Å². The van der Waals surface area contributed by atoms with E-state index in [0.29, 0.717) is 56.1 Å². The van der Waals surface area contributed by atoms with Gasteiger partial charge < -0.3 is 20.9 Å². The van der Waals surface area contributed by atoms with Gasteiger partial charge in [0, 0.05) is 49.3 Å². The Hall–Kier alpha value is -4.35. The molecule has 1 aromatic carbocycles. The molecule has 37 heavy (non-hydrogen) atoms. The third-order valence-electron chi connectivity index (χ3n) is 6.55. The Kier molecular flexibility index (Phi) is 7.33. The average molecular weight is 504 g/mol. The summed E-state index contributed by atoms with van der Waals surface area (Å²) >= 11 is 0. The zero-order valence-corrected chi connectivity index (χ0v) is 20.3. The number of benzene rings is 1. The van der Waals surface area contributed by atoms with Crippen LogP contribution in [0, 0.1) is 11.8 Å². The van der Waals surface area contributed by atoms with Gasteiger partial charge in [-0.15, -0.1) is 10.2 Å². The molecule has 0 bridgehead atoms. The Bertz CT molecular complexity index is 1220. The maximum atomic E-state index is 12.6. The number of anilines is 2. The van der Waals surface area contributed by atoms with Crippen molar-refractivity contribution in [1.82, 2.24) is 35.6 Å². The summed E-state index contributed by atoms with van der Waals surface area (Å²) in [4.78, 5) is 42.8. The first-order valence-electron chi connectivity index (χ1n) is 12.5. The molecule has 2 aromatic heterocycles. The maximum absolute atomic E-state index is 12.6. The van der Waals surface area contributed by atoms with E-state index in [-0.39, 0.29) is 29.6 Å². The molecule has 1 aliphatic heterocycles. The lowest BCUT2D eigenvalue weighted by molar-refractivity contribution is -0.125. The van der Waals surface area contributed by atoms with Gasteiger partial charge in [0.05, 0.1) is 0 Å². The first-order valence-corrected chi connectivity index (χ1v) is 12.5. The monoisotopic (exact) mass is 503 g/mol. The molecule has 192 valence electrons. The van der Waals surface area contributed by atoms with Gasteiger partial charge in [0.1, 0.15) is 12.7 Å². The lowest BCUT2D eigenvalue weighted by Crippen LogP contribution is -2.42. The normalized spacial score (nSPS) is 15.7. The van der Waals surface area contributed by atoms with Gasteiger partial charge in [-0.3, -0.25) is 14.4 Å². The van der Waals surface area contributed by atoms with Crippen LogP contribution in [0.4, 0.5) is 11.5 Å². The Morgan fingerprint density at radius 3 is 2.14 bits per heavy atom. The van der Waals surface area contributed by atoms with Crippen LogP contribution < -0.4 is 20.9 Å². The summed E-state index contributed by atoms with van der Waals surface area (Å²) in [5.41, 5.74) is 1.18. The van der Waals surface area contributed by atoms with Crippen molar-refractivity contribution in [2.75, 3.05) is 36.4 Å². The molecule has 2 aliphatic rings. The third kappa shape index (κ3) is 6.26. The van der Waals surface area contributed by atoms with E-state index in [1.165, 1.54) is 6.33 Å². The highest BCUT2D eigenvalue weighted by Gasteiger charge is 2.29. The van der Waals surface area contributed by atoms with E-state index in [2.05, 4.69) is 41.1 Å². The Morgan fingerprint density at radius 1 is 0.811 bits per heavy atom. The number of carbonyl (C=O) groups is 3. The van der Waals surface area contributed by atoms with E-state index in [0.717, 1.165) is 18.7 Å². The fourth-order valence-corrected chi connectivity index (χ4v) is 4.21. The van der Waals surface area contributed by atoms with Crippen molar-refractivity contribution in [2.24, 2.45) is 11.8 Å². The fourth-order valence-electron chi connectivity index (χ4n) is 4.21. The van der Waals surface area contributed by atoms with Crippen molar-refractivity contribution >= 4 is 29.2 Å². The summed E-state index contributed by atoms with van der Waals surface area (Å²) in [6.07, 6.45) is 6.32. The number of piperidine rings is 1. The minimum absolute atomic E-state index is 0.00253. The predicted molar refractivity (Wildman–Crippen MR) is 135 cm³/mol. The van der Waals surface area contributed by atoms with Crippen molar-refractivity contribution in [3.63, 3.8) is 0 Å². The molecule has 1 saturated carbocycles. The highest BCUT2D eigenvalue weighted by molar-refractivity contribution is 5.96. The summed E-state index contributed by atoms with van der Waals surface area (Å²) in [7, 11) is 0. The second-order valence-corrected chi connectivity index (χ2v) is 9.24. The number of amides is 3. The Morgan fingerprint density at radius 2 is 1.49 bits per heavy atom. The van der Waals surface area contributed by atoms with Gasteiger partial charge in [-0.1, -0.05) is 0 Å². The van der Waals surface area contributed by atoms with Crippen LogP contribution in [0.2, 0.25) is 0 Å². The molecule has 1 saturated heterocycles. The van der Waals surface area contributed by atoms with Gasteiger partial charge in [0.25, 0.3) is 5.91 Å². The molecular weight excluding hydrogens is 474 g/mol. The molecule has 5 rings (SSSR count). The first kappa shape index (κ1) is 24.3. The molecule has 3 N–H and O–H groups in total. The molecule has 3 aromatic rings. The number of nitrogens with one attached hydrogen (secondary N) is 3. The van der Waals surface area contributed by atoms with Crippen LogP contribution in [-0.2, 0) is 9.59 Å². The Balaban J connectivity index is 0.996. The van der Waals surface area contributed by atoms with E-state index in [9.17, 15) is 14.4 Å². The minimum atomic E-state index is -0.224. The zero-order valence-electron chi connectivity index (χ0n) is 20.3. The van der Waals surface area contributed by atoms with E-state index >= 15 is 0 Å². The molecule has 3 heterocycles. The van der Waals surface area contributed by atoms with Gasteiger partial charge in [0.15, 0.2) is 11.6 Å². The van der Waals surface area contributed by atoms with Crippen LogP contribution in [0.15, 0.2) is 49.1 Å². The highest BCUT2D eigenvalue weighted by atomic mass is 16.2. The highest BCUT2D eigenvalue weighted by Crippen LogP contribution is 2.30. The van der Waals surface area contributed by atoms with Crippen LogP contribution in [0.5, 0.6) is 0 Å². The smallest absolute Gasteiger partial charge is 0.251 e. The number of hydrogen-bond donors (Lipinski definition) is 3. The SMILES string of the molecule is O=C(NCCNC(=O)C1CCN(c2ccc(-n3cncn3)nn2)CC1)c1ccc(NC(=O)C2CC2)cc1. The summed E-state index contributed by atoms with van der Waals surface area (Å²) in [6.45, 7) is 2.11. The minimum Gasteiger partial charge on any atom is -0.355 e. The lowest BCUT2D eigenvalue weighted by Gasteiger charge is -2.31. The fraction of sp³-hybridized carbons (Fsp3) is 0.400. The van der Waals surface area contributed by atoms with Gasteiger partial charge in [-0.05, 0) is 62.1 Å². The summed E-state index contributed by atoms with van der Waals surface area (Å²) < 4.78 is 1.54. The number of nitrogens with zero attached hydrogens (tertiary/aromatic N) is 6. The van der Waals surface area contributed by atoms with Gasteiger partial charge in [-0.25, -0.2) is 9.67 Å². The van der Waals surface area contributed by atoms with Gasteiger partial charge in [-0.2, -0.15) is 5.10 Å². The summed E-state index contributed by atoms with van der Waals surface area (Å²) in [5.74, 6) is 1.22. The Labute approximate surface area is 213 Å². The maximum Gasteiger partial charge on any atom is 0.251 e. The predicted octanol–water partition coefficient (Wildman–Crippen LogP) is 1.17. The lowest BCUT2D eigenvalue weighted by atomic mass is 9.96. The van der Waals surface area contributed by atoms with Crippen LogP contribution >= 0.6 is 0 Å². The van der Waals surface area contributed by atoms with Crippen LogP contribution in [-0.4, -0.2) is 68.9 Å². The van der Waals surface area contributed by atoms with Crippen LogP contribution in [0.3, 0.4) is 0 Å². The van der Waals surface area contributed by atoms with Crippen molar-refractivity contribution in [3.8, 4) is 5.82 Å². The first-order chi connectivity index (χ1) is 18.1. The second kappa shape index (κ2) is 11.1. The quantitative estimate of drug-likeness (QED) is 0.369. The van der Waals surface area contributed by atoms with Gasteiger partial charge >= 0.3 is 0 Å².